The van der Waals surface area contributed by atoms with Crippen LogP contribution in [-0.4, -0.2) is 12.1 Å². The highest BCUT2D eigenvalue weighted by Crippen LogP contribution is 2.36. The third kappa shape index (κ3) is 5.91. The molecule has 0 amide bonds. The number of terminal acetylenes is 1. The molecule has 0 aromatic carbocycles. The highest BCUT2D eigenvalue weighted by molar-refractivity contribution is 4.86. The highest BCUT2D eigenvalue weighted by atomic mass is 14.9. The Kier molecular flexibility index (Phi) is 6.22. The van der Waals surface area contributed by atoms with Crippen LogP contribution in [0.4, 0.5) is 0 Å². The molecule has 1 aliphatic carbocycles. The van der Waals surface area contributed by atoms with E-state index in [0.717, 1.165) is 24.2 Å². The van der Waals surface area contributed by atoms with Crippen LogP contribution in [0.3, 0.4) is 0 Å². The lowest BCUT2D eigenvalue weighted by molar-refractivity contribution is 0.164. The van der Waals surface area contributed by atoms with Crippen molar-refractivity contribution in [2.75, 3.05) is 6.54 Å². The molecule has 0 aliphatic heterocycles. The van der Waals surface area contributed by atoms with Gasteiger partial charge in [0.15, 0.2) is 0 Å². The minimum Gasteiger partial charge on any atom is -0.312 e. The first-order valence-corrected chi connectivity index (χ1v) is 7.61. The quantitative estimate of drug-likeness (QED) is 0.568. The third-order valence-electron chi connectivity index (χ3n) is 4.19. The van der Waals surface area contributed by atoms with Crippen molar-refractivity contribution in [3.05, 3.63) is 0 Å². The molecular formula is C17H31N. The monoisotopic (exact) mass is 249 g/mol. The molecule has 0 aromatic heterocycles. The number of rotatable bonds is 5. The number of unbranched alkanes of at least 4 members (excludes halogenated alkanes) is 1. The molecule has 104 valence electrons. The van der Waals surface area contributed by atoms with Crippen LogP contribution in [-0.2, 0) is 0 Å². The number of hydrogen-bond acceptors (Lipinski definition) is 1. The maximum absolute atomic E-state index is 5.36. The lowest BCUT2D eigenvalue weighted by Gasteiger charge is -2.37. The molecule has 0 radical (unpaired) electrons. The zero-order valence-electron chi connectivity index (χ0n) is 12.8. The third-order valence-corrected chi connectivity index (χ3v) is 4.19. The first-order valence-electron chi connectivity index (χ1n) is 7.61. The molecule has 1 fully saturated rings. The number of nitrogens with one attached hydrogen (secondary N) is 1. The molecule has 18 heavy (non-hydrogen) atoms. The smallest absolute Gasteiger partial charge is 0.00966 e. The van der Waals surface area contributed by atoms with Gasteiger partial charge in [-0.3, -0.25) is 0 Å². The summed E-state index contributed by atoms with van der Waals surface area (Å²) < 4.78 is 0. The van der Waals surface area contributed by atoms with Gasteiger partial charge in [-0.1, -0.05) is 13.3 Å². The lowest BCUT2D eigenvalue weighted by Crippen LogP contribution is -2.42. The maximum Gasteiger partial charge on any atom is 0.00966 e. The summed E-state index contributed by atoms with van der Waals surface area (Å²) in [5, 5.41) is 3.69. The molecular weight excluding hydrogens is 218 g/mol. The van der Waals surface area contributed by atoms with Gasteiger partial charge in [0.25, 0.3) is 0 Å². The summed E-state index contributed by atoms with van der Waals surface area (Å²) in [6.45, 7) is 10.3. The minimum absolute atomic E-state index is 0.242. The summed E-state index contributed by atoms with van der Waals surface area (Å²) in [5.74, 6) is 5.43. The van der Waals surface area contributed by atoms with Crippen molar-refractivity contribution < 1.29 is 0 Å². The Morgan fingerprint density at radius 2 is 1.94 bits per heavy atom. The van der Waals surface area contributed by atoms with Gasteiger partial charge in [0.1, 0.15) is 0 Å². The fourth-order valence-corrected chi connectivity index (χ4v) is 3.09. The van der Waals surface area contributed by atoms with E-state index in [0.29, 0.717) is 0 Å². The predicted octanol–water partition coefficient (Wildman–Crippen LogP) is 4.23. The minimum atomic E-state index is 0.242. The van der Waals surface area contributed by atoms with Crippen LogP contribution in [0.2, 0.25) is 0 Å². The van der Waals surface area contributed by atoms with Gasteiger partial charge in [0, 0.05) is 12.0 Å². The van der Waals surface area contributed by atoms with Crippen LogP contribution in [0, 0.1) is 30.1 Å². The van der Waals surface area contributed by atoms with Crippen molar-refractivity contribution in [1.82, 2.24) is 5.32 Å². The summed E-state index contributed by atoms with van der Waals surface area (Å²) >= 11 is 0. The van der Waals surface area contributed by atoms with Crippen molar-refractivity contribution in [2.24, 2.45) is 17.8 Å². The second-order valence-corrected chi connectivity index (χ2v) is 7.17. The van der Waals surface area contributed by atoms with Crippen molar-refractivity contribution in [2.45, 2.75) is 71.8 Å². The molecule has 0 heterocycles. The summed E-state index contributed by atoms with van der Waals surface area (Å²) in [5.41, 5.74) is 0.242. The maximum atomic E-state index is 5.36. The van der Waals surface area contributed by atoms with Crippen molar-refractivity contribution >= 4 is 0 Å². The largest absolute Gasteiger partial charge is 0.312 e. The van der Waals surface area contributed by atoms with Gasteiger partial charge in [0.2, 0.25) is 0 Å². The van der Waals surface area contributed by atoms with Crippen molar-refractivity contribution in [1.29, 1.82) is 0 Å². The first-order chi connectivity index (χ1) is 8.42. The van der Waals surface area contributed by atoms with E-state index >= 15 is 0 Å². The number of hydrogen-bond donors (Lipinski definition) is 1. The lowest BCUT2D eigenvalue weighted by atomic mass is 9.72. The normalized spacial score (nSPS) is 28.9. The van der Waals surface area contributed by atoms with Crippen molar-refractivity contribution in [3.8, 4) is 12.3 Å². The van der Waals surface area contributed by atoms with E-state index in [2.05, 4.69) is 38.9 Å². The van der Waals surface area contributed by atoms with Crippen molar-refractivity contribution in [3.63, 3.8) is 0 Å². The Morgan fingerprint density at radius 3 is 2.56 bits per heavy atom. The molecule has 0 spiro atoms. The Bertz CT molecular complexity index is 268. The van der Waals surface area contributed by atoms with Crippen LogP contribution in [0.25, 0.3) is 0 Å². The molecule has 0 saturated heterocycles. The van der Waals surface area contributed by atoms with Gasteiger partial charge in [-0.25, -0.2) is 0 Å². The highest BCUT2D eigenvalue weighted by Gasteiger charge is 2.28. The van der Waals surface area contributed by atoms with E-state index < -0.39 is 0 Å². The molecule has 0 aromatic rings. The van der Waals surface area contributed by atoms with Gasteiger partial charge < -0.3 is 5.32 Å². The second kappa shape index (κ2) is 7.19. The SMILES string of the molecule is C#CCCCC1CC(C)CCC1CNC(C)(C)C. The van der Waals surface area contributed by atoms with Gasteiger partial charge in [0.05, 0.1) is 0 Å². The molecule has 1 saturated carbocycles. The Hall–Kier alpha value is -0.480. The molecule has 0 bridgehead atoms. The Labute approximate surface area is 114 Å². The standard InChI is InChI=1S/C17H31N/c1-6-7-8-9-15-12-14(2)10-11-16(15)13-18-17(3,4)5/h1,14-16,18H,7-13H2,2-5H3. The zero-order valence-corrected chi connectivity index (χ0v) is 12.8. The molecule has 1 rings (SSSR count). The van der Waals surface area contributed by atoms with E-state index in [1.54, 1.807) is 0 Å². The molecule has 3 atom stereocenters. The van der Waals surface area contributed by atoms with Gasteiger partial charge >= 0.3 is 0 Å². The predicted molar refractivity (Wildman–Crippen MR) is 80.4 cm³/mol. The van der Waals surface area contributed by atoms with Crippen LogP contribution in [0.5, 0.6) is 0 Å². The van der Waals surface area contributed by atoms with E-state index in [1.807, 2.05) is 0 Å². The molecule has 1 aliphatic rings. The van der Waals surface area contributed by atoms with Gasteiger partial charge in [-0.2, -0.15) is 0 Å². The summed E-state index contributed by atoms with van der Waals surface area (Å²) in [6, 6.07) is 0. The molecule has 1 N–H and O–H groups in total. The van der Waals surface area contributed by atoms with E-state index in [9.17, 15) is 0 Å². The van der Waals surface area contributed by atoms with Crippen LogP contribution >= 0.6 is 0 Å². The van der Waals surface area contributed by atoms with Crippen LogP contribution in [0.15, 0.2) is 0 Å². The molecule has 1 heteroatoms. The van der Waals surface area contributed by atoms with Crippen LogP contribution in [0.1, 0.15) is 66.2 Å². The average molecular weight is 249 g/mol. The topological polar surface area (TPSA) is 12.0 Å². The fraction of sp³-hybridized carbons (Fsp3) is 0.882. The van der Waals surface area contributed by atoms with E-state index in [-0.39, 0.29) is 5.54 Å². The fourth-order valence-electron chi connectivity index (χ4n) is 3.09. The molecule has 1 nitrogen and oxygen atoms in total. The zero-order chi connectivity index (χ0) is 13.6. The Morgan fingerprint density at radius 1 is 1.22 bits per heavy atom. The van der Waals surface area contributed by atoms with E-state index in [1.165, 1.54) is 38.6 Å². The average Bonchev–Trinajstić information content (AvgIpc) is 2.27. The summed E-state index contributed by atoms with van der Waals surface area (Å²) in [4.78, 5) is 0. The second-order valence-electron chi connectivity index (χ2n) is 7.17. The van der Waals surface area contributed by atoms with Crippen LogP contribution < -0.4 is 5.32 Å². The summed E-state index contributed by atoms with van der Waals surface area (Å²) in [7, 11) is 0. The van der Waals surface area contributed by atoms with Gasteiger partial charge in [-0.05, 0) is 70.8 Å². The Balaban J connectivity index is 2.43. The molecule has 3 unspecified atom stereocenters. The van der Waals surface area contributed by atoms with E-state index in [4.69, 9.17) is 6.42 Å². The first kappa shape index (κ1) is 15.6. The summed E-state index contributed by atoms with van der Waals surface area (Å²) in [6.07, 6.45) is 13.0. The van der Waals surface area contributed by atoms with Gasteiger partial charge in [-0.15, -0.1) is 12.3 Å².